The molecule has 5 heteroatoms. The van der Waals surface area contributed by atoms with Crippen molar-refractivity contribution in [3.8, 4) is 11.3 Å². The second kappa shape index (κ2) is 6.49. The Morgan fingerprint density at radius 1 is 1.09 bits per heavy atom. The molecule has 1 aromatic heterocycles. The van der Waals surface area contributed by atoms with Crippen molar-refractivity contribution < 1.29 is 9.18 Å². The van der Waals surface area contributed by atoms with Crippen LogP contribution in [-0.2, 0) is 11.2 Å². The molecule has 0 fully saturated rings. The molecule has 22 heavy (non-hydrogen) atoms. The van der Waals surface area contributed by atoms with Crippen LogP contribution in [0.15, 0.2) is 53.9 Å². The third kappa shape index (κ3) is 3.38. The highest BCUT2D eigenvalue weighted by Crippen LogP contribution is 2.27. The topological polar surface area (TPSA) is 42.0 Å². The van der Waals surface area contributed by atoms with Crippen molar-refractivity contribution in [3.63, 3.8) is 0 Å². The summed E-state index contributed by atoms with van der Waals surface area (Å²) in [5.74, 6) is -0.257. The molecule has 1 heterocycles. The van der Waals surface area contributed by atoms with E-state index < -0.39 is 0 Å². The van der Waals surface area contributed by atoms with Gasteiger partial charge in [-0.05, 0) is 42.0 Å². The third-order valence-electron chi connectivity index (χ3n) is 3.17. The predicted molar refractivity (Wildman–Crippen MR) is 87.0 cm³/mol. The highest BCUT2D eigenvalue weighted by atomic mass is 32.1. The number of hydrogen-bond donors (Lipinski definition) is 1. The second-order valence-electron chi connectivity index (χ2n) is 4.74. The number of thiazole rings is 1. The summed E-state index contributed by atoms with van der Waals surface area (Å²) in [6.07, 6.45) is 1.31. The molecule has 0 bridgehead atoms. The van der Waals surface area contributed by atoms with Crippen LogP contribution in [0.3, 0.4) is 0 Å². The molecule has 0 aliphatic heterocycles. The first-order chi connectivity index (χ1) is 10.7. The van der Waals surface area contributed by atoms with Crippen LogP contribution >= 0.6 is 11.3 Å². The molecule has 0 aliphatic carbocycles. The molecule has 110 valence electrons. The van der Waals surface area contributed by atoms with Crippen molar-refractivity contribution >= 4 is 28.4 Å². The predicted octanol–water partition coefficient (Wildman–Crippen LogP) is 4.43. The Morgan fingerprint density at radius 2 is 1.82 bits per heavy atom. The number of anilines is 2. The fourth-order valence-corrected chi connectivity index (χ4v) is 2.77. The van der Waals surface area contributed by atoms with Crippen LogP contribution in [0.1, 0.15) is 5.56 Å². The number of aromatic nitrogens is 1. The van der Waals surface area contributed by atoms with Gasteiger partial charge in [0.2, 0.25) is 0 Å². The summed E-state index contributed by atoms with van der Waals surface area (Å²) in [5.41, 5.74) is 3.58. The van der Waals surface area contributed by atoms with Gasteiger partial charge in [-0.25, -0.2) is 9.37 Å². The van der Waals surface area contributed by atoms with E-state index in [9.17, 15) is 9.18 Å². The van der Waals surface area contributed by atoms with Gasteiger partial charge in [-0.3, -0.25) is 0 Å². The lowest BCUT2D eigenvalue weighted by Gasteiger charge is -2.03. The summed E-state index contributed by atoms with van der Waals surface area (Å²) in [4.78, 5) is 15.0. The second-order valence-corrected chi connectivity index (χ2v) is 5.60. The minimum absolute atomic E-state index is 0.257. The Morgan fingerprint density at radius 3 is 2.50 bits per heavy atom. The maximum atomic E-state index is 12.9. The van der Waals surface area contributed by atoms with E-state index in [1.165, 1.54) is 23.5 Å². The lowest BCUT2D eigenvalue weighted by atomic mass is 10.1. The van der Waals surface area contributed by atoms with E-state index in [0.29, 0.717) is 6.42 Å². The number of halogens is 1. The summed E-state index contributed by atoms with van der Waals surface area (Å²) in [7, 11) is 0. The summed E-state index contributed by atoms with van der Waals surface area (Å²) < 4.78 is 12.9. The molecule has 2 aromatic carbocycles. The van der Waals surface area contributed by atoms with Crippen LogP contribution in [0.2, 0.25) is 0 Å². The van der Waals surface area contributed by atoms with Gasteiger partial charge in [0, 0.05) is 23.1 Å². The number of aldehydes is 1. The molecule has 0 spiro atoms. The Labute approximate surface area is 131 Å². The SMILES string of the molecule is O=CCc1ccc(Nc2nc(-c3ccc(F)cc3)cs2)cc1. The van der Waals surface area contributed by atoms with Crippen LogP contribution in [-0.4, -0.2) is 11.3 Å². The van der Waals surface area contributed by atoms with E-state index in [-0.39, 0.29) is 5.82 Å². The van der Waals surface area contributed by atoms with Gasteiger partial charge in [-0.15, -0.1) is 11.3 Å². The monoisotopic (exact) mass is 312 g/mol. The number of carbonyl (C=O) groups excluding carboxylic acids is 1. The molecular formula is C17H13FN2OS. The van der Waals surface area contributed by atoms with Gasteiger partial charge in [-0.1, -0.05) is 12.1 Å². The maximum Gasteiger partial charge on any atom is 0.187 e. The van der Waals surface area contributed by atoms with Crippen LogP contribution in [0.25, 0.3) is 11.3 Å². The number of carbonyl (C=O) groups is 1. The molecule has 3 nitrogen and oxygen atoms in total. The first kappa shape index (κ1) is 14.4. The van der Waals surface area contributed by atoms with Crippen molar-refractivity contribution in [2.45, 2.75) is 6.42 Å². The third-order valence-corrected chi connectivity index (χ3v) is 3.93. The standard InChI is InChI=1S/C17H13FN2OS/c18-14-5-3-13(4-6-14)16-11-22-17(20-16)19-15-7-1-12(2-8-15)9-10-21/h1-8,10-11H,9H2,(H,19,20). The Hall–Kier alpha value is -2.53. The number of benzene rings is 2. The molecule has 0 aliphatic rings. The van der Waals surface area contributed by atoms with Crippen LogP contribution in [0, 0.1) is 5.82 Å². The number of nitrogens with one attached hydrogen (secondary N) is 1. The quantitative estimate of drug-likeness (QED) is 0.708. The van der Waals surface area contributed by atoms with E-state index >= 15 is 0 Å². The molecule has 0 saturated heterocycles. The molecular weight excluding hydrogens is 299 g/mol. The zero-order valence-corrected chi connectivity index (χ0v) is 12.4. The Bertz CT molecular complexity index is 766. The minimum atomic E-state index is -0.257. The smallest absolute Gasteiger partial charge is 0.187 e. The van der Waals surface area contributed by atoms with Gasteiger partial charge in [-0.2, -0.15) is 0 Å². The number of nitrogens with zero attached hydrogens (tertiary/aromatic N) is 1. The molecule has 0 saturated carbocycles. The van der Waals surface area contributed by atoms with Crippen LogP contribution < -0.4 is 5.32 Å². The Balaban J connectivity index is 1.73. The summed E-state index contributed by atoms with van der Waals surface area (Å²) >= 11 is 1.49. The number of hydrogen-bond acceptors (Lipinski definition) is 4. The fraction of sp³-hybridized carbons (Fsp3) is 0.0588. The first-order valence-electron chi connectivity index (χ1n) is 6.75. The van der Waals surface area contributed by atoms with Gasteiger partial charge in [0.15, 0.2) is 5.13 Å². The number of rotatable bonds is 5. The average molecular weight is 312 g/mol. The first-order valence-corrected chi connectivity index (χ1v) is 7.63. The highest BCUT2D eigenvalue weighted by Gasteiger charge is 2.05. The molecule has 0 atom stereocenters. The van der Waals surface area contributed by atoms with Gasteiger partial charge >= 0.3 is 0 Å². The normalized spacial score (nSPS) is 10.4. The van der Waals surface area contributed by atoms with Crippen LogP contribution in [0.4, 0.5) is 15.2 Å². The van der Waals surface area contributed by atoms with E-state index in [1.54, 1.807) is 12.1 Å². The zero-order valence-electron chi connectivity index (χ0n) is 11.6. The zero-order chi connectivity index (χ0) is 15.4. The average Bonchev–Trinajstić information content (AvgIpc) is 2.99. The van der Waals surface area contributed by atoms with Crippen molar-refractivity contribution in [1.29, 1.82) is 0 Å². The van der Waals surface area contributed by atoms with Gasteiger partial charge < -0.3 is 10.1 Å². The lowest BCUT2D eigenvalue weighted by molar-refractivity contribution is -0.107. The van der Waals surface area contributed by atoms with Crippen molar-refractivity contribution in [2.75, 3.05) is 5.32 Å². The summed E-state index contributed by atoms with van der Waals surface area (Å²) in [5, 5.41) is 5.91. The minimum Gasteiger partial charge on any atom is -0.332 e. The molecule has 1 N–H and O–H groups in total. The lowest BCUT2D eigenvalue weighted by Crippen LogP contribution is -1.91. The Kier molecular flexibility index (Phi) is 4.25. The van der Waals surface area contributed by atoms with E-state index in [4.69, 9.17) is 0 Å². The van der Waals surface area contributed by atoms with Gasteiger partial charge in [0.25, 0.3) is 0 Å². The maximum absolute atomic E-state index is 12.9. The van der Waals surface area contributed by atoms with Gasteiger partial charge in [0.05, 0.1) is 5.69 Å². The summed E-state index contributed by atoms with van der Waals surface area (Å²) in [6.45, 7) is 0. The summed E-state index contributed by atoms with van der Waals surface area (Å²) in [6, 6.07) is 13.9. The molecule has 3 aromatic rings. The van der Waals surface area contributed by atoms with Gasteiger partial charge in [0.1, 0.15) is 12.1 Å². The molecule has 0 radical (unpaired) electrons. The van der Waals surface area contributed by atoms with E-state index in [0.717, 1.165) is 33.9 Å². The molecule has 0 amide bonds. The molecule has 3 rings (SSSR count). The van der Waals surface area contributed by atoms with Crippen molar-refractivity contribution in [2.24, 2.45) is 0 Å². The fourth-order valence-electron chi connectivity index (χ4n) is 2.03. The van der Waals surface area contributed by atoms with E-state index in [2.05, 4.69) is 10.3 Å². The van der Waals surface area contributed by atoms with Crippen molar-refractivity contribution in [3.05, 3.63) is 65.3 Å². The highest BCUT2D eigenvalue weighted by molar-refractivity contribution is 7.14. The van der Waals surface area contributed by atoms with Crippen LogP contribution in [0.5, 0.6) is 0 Å². The van der Waals surface area contributed by atoms with E-state index in [1.807, 2.05) is 29.6 Å². The van der Waals surface area contributed by atoms with Crippen molar-refractivity contribution in [1.82, 2.24) is 4.98 Å². The molecule has 0 unspecified atom stereocenters. The largest absolute Gasteiger partial charge is 0.332 e.